The standard InChI is InChI=1S/C74H52N2/c1-5-17-53(18-6-1)57-29-33-59(34-30-57)63-41-49-67(50-42-63)75(65-45-37-61(38-46-65)55-21-9-3-10-22-55)73-69-25-13-15-27-71(69)74(72-28-16-14-26-70(72)73)76(66-47-39-62(40-48-66)56-23-11-4-12-24-56)68-51-43-64(44-52-68)60-35-31-58(32-36-60)54-19-7-2-8-20-54/h1-52H. The number of nitrogens with zero attached hydrogens (tertiary/aromatic N) is 2. The molecule has 0 saturated carbocycles. The van der Waals surface area contributed by atoms with Gasteiger partial charge in [-0.1, -0.05) is 267 Å². The van der Waals surface area contributed by atoms with Gasteiger partial charge in [0.15, 0.2) is 0 Å². The van der Waals surface area contributed by atoms with Gasteiger partial charge in [0.05, 0.1) is 11.4 Å². The third-order valence-electron chi connectivity index (χ3n) is 14.7. The van der Waals surface area contributed by atoms with Crippen molar-refractivity contribution in [2.45, 2.75) is 0 Å². The summed E-state index contributed by atoms with van der Waals surface area (Å²) < 4.78 is 0. The molecule has 0 unspecified atom stereocenters. The normalized spacial score (nSPS) is 11.2. The highest BCUT2D eigenvalue weighted by molar-refractivity contribution is 6.23. The van der Waals surface area contributed by atoms with E-state index in [0.29, 0.717) is 0 Å². The molecular formula is C74H52N2. The molecule has 0 bridgehead atoms. The SMILES string of the molecule is c1ccc(-c2ccc(-c3ccc(N(c4ccc(-c5ccccc5)cc4)c4c5ccccc5c(N(c5ccc(-c6ccccc6)cc5)c5ccc(-c6ccc(-c7ccccc7)cc6)cc5)c5ccccc45)cc3)cc2)cc1. The molecule has 2 nitrogen and oxygen atoms in total. The Morgan fingerprint density at radius 1 is 0.132 bits per heavy atom. The highest BCUT2D eigenvalue weighted by atomic mass is 15.2. The Labute approximate surface area is 445 Å². The summed E-state index contributed by atoms with van der Waals surface area (Å²) in [6.45, 7) is 0. The molecule has 2 heteroatoms. The first-order valence-electron chi connectivity index (χ1n) is 26.1. The lowest BCUT2D eigenvalue weighted by atomic mass is 9.94. The van der Waals surface area contributed by atoms with E-state index in [4.69, 9.17) is 0 Å². The summed E-state index contributed by atoms with van der Waals surface area (Å²) >= 11 is 0. The average Bonchev–Trinajstić information content (AvgIpc) is 3.51. The summed E-state index contributed by atoms with van der Waals surface area (Å²) in [5, 5.41) is 4.57. The zero-order valence-electron chi connectivity index (χ0n) is 41.9. The van der Waals surface area contributed by atoms with Gasteiger partial charge in [-0.25, -0.2) is 0 Å². The van der Waals surface area contributed by atoms with Gasteiger partial charge in [0.1, 0.15) is 0 Å². The molecule has 13 aromatic carbocycles. The van der Waals surface area contributed by atoms with Crippen LogP contribution in [0.1, 0.15) is 0 Å². The van der Waals surface area contributed by atoms with E-state index in [9.17, 15) is 0 Å². The van der Waals surface area contributed by atoms with Crippen molar-refractivity contribution in [2.75, 3.05) is 9.80 Å². The highest BCUT2D eigenvalue weighted by Crippen LogP contribution is 2.51. The first-order valence-corrected chi connectivity index (χ1v) is 26.1. The molecule has 0 radical (unpaired) electrons. The number of benzene rings is 13. The van der Waals surface area contributed by atoms with Crippen molar-refractivity contribution in [3.8, 4) is 66.8 Å². The lowest BCUT2D eigenvalue weighted by Crippen LogP contribution is -2.14. The van der Waals surface area contributed by atoms with Crippen LogP contribution in [0.4, 0.5) is 34.1 Å². The predicted octanol–water partition coefficient (Wildman–Crippen LogP) is 20.9. The molecular weight excluding hydrogens is 917 g/mol. The molecule has 0 saturated heterocycles. The second kappa shape index (κ2) is 20.5. The van der Waals surface area contributed by atoms with E-state index >= 15 is 0 Å². The zero-order chi connectivity index (χ0) is 50.6. The number of hydrogen-bond donors (Lipinski definition) is 0. The van der Waals surface area contributed by atoms with Crippen molar-refractivity contribution in [1.82, 2.24) is 0 Å². The minimum atomic E-state index is 1.07. The molecule has 0 spiro atoms. The van der Waals surface area contributed by atoms with Gasteiger partial charge in [-0.3, -0.25) is 0 Å². The van der Waals surface area contributed by atoms with E-state index < -0.39 is 0 Å². The van der Waals surface area contributed by atoms with Crippen molar-refractivity contribution in [2.24, 2.45) is 0 Å². The van der Waals surface area contributed by atoms with Crippen LogP contribution in [-0.2, 0) is 0 Å². The monoisotopic (exact) mass is 968 g/mol. The van der Waals surface area contributed by atoms with Crippen LogP contribution in [0.5, 0.6) is 0 Å². The van der Waals surface area contributed by atoms with Crippen molar-refractivity contribution in [3.63, 3.8) is 0 Å². The Balaban J connectivity index is 0.969. The fraction of sp³-hybridized carbons (Fsp3) is 0. The average molecular weight is 969 g/mol. The fourth-order valence-electron chi connectivity index (χ4n) is 10.8. The maximum absolute atomic E-state index is 2.46. The molecule has 0 heterocycles. The van der Waals surface area contributed by atoms with E-state index in [-0.39, 0.29) is 0 Å². The van der Waals surface area contributed by atoms with E-state index in [1.165, 1.54) is 55.6 Å². The molecule has 13 rings (SSSR count). The lowest BCUT2D eigenvalue weighted by molar-refractivity contribution is 1.29. The van der Waals surface area contributed by atoms with Gasteiger partial charge < -0.3 is 9.80 Å². The highest BCUT2D eigenvalue weighted by Gasteiger charge is 2.26. The third kappa shape index (κ3) is 8.99. The first kappa shape index (κ1) is 45.8. The van der Waals surface area contributed by atoms with Gasteiger partial charge in [0.25, 0.3) is 0 Å². The zero-order valence-corrected chi connectivity index (χ0v) is 41.9. The Morgan fingerprint density at radius 2 is 0.276 bits per heavy atom. The Bertz CT molecular complexity index is 3740. The van der Waals surface area contributed by atoms with E-state index in [1.807, 2.05) is 0 Å². The van der Waals surface area contributed by atoms with Gasteiger partial charge >= 0.3 is 0 Å². The summed E-state index contributed by atoms with van der Waals surface area (Å²) in [6, 6.07) is 114. The molecule has 0 N–H and O–H groups in total. The Hall–Kier alpha value is -10.0. The van der Waals surface area contributed by atoms with Gasteiger partial charge in [-0.2, -0.15) is 0 Å². The first-order chi connectivity index (χ1) is 37.7. The molecule has 0 aliphatic carbocycles. The second-order valence-corrected chi connectivity index (χ2v) is 19.3. The number of hydrogen-bond acceptors (Lipinski definition) is 2. The molecule has 0 fully saturated rings. The molecule has 358 valence electrons. The van der Waals surface area contributed by atoms with E-state index in [1.54, 1.807) is 0 Å². The lowest BCUT2D eigenvalue weighted by Gasteiger charge is -2.33. The van der Waals surface area contributed by atoms with Crippen LogP contribution >= 0.6 is 0 Å². The van der Waals surface area contributed by atoms with E-state index in [2.05, 4.69) is 325 Å². The quantitative estimate of drug-likeness (QED) is 0.0889. The smallest absolute Gasteiger partial charge is 0.0619 e. The van der Waals surface area contributed by atoms with Crippen molar-refractivity contribution in [3.05, 3.63) is 315 Å². The summed E-state index contributed by atoms with van der Waals surface area (Å²) in [6.07, 6.45) is 0. The van der Waals surface area contributed by atoms with Crippen LogP contribution in [-0.4, -0.2) is 0 Å². The summed E-state index contributed by atoms with van der Waals surface area (Å²) in [5.41, 5.74) is 20.8. The van der Waals surface area contributed by atoms with Crippen molar-refractivity contribution in [1.29, 1.82) is 0 Å². The van der Waals surface area contributed by atoms with Gasteiger partial charge in [-0.15, -0.1) is 0 Å². The summed E-state index contributed by atoms with van der Waals surface area (Å²) in [4.78, 5) is 4.92. The second-order valence-electron chi connectivity index (χ2n) is 19.3. The number of rotatable bonds is 12. The van der Waals surface area contributed by atoms with E-state index in [0.717, 1.165) is 66.8 Å². The molecule has 13 aromatic rings. The Kier molecular flexibility index (Phi) is 12.3. The molecule has 0 aliphatic rings. The number of anilines is 6. The van der Waals surface area contributed by atoms with Crippen molar-refractivity contribution < 1.29 is 0 Å². The third-order valence-corrected chi connectivity index (χ3v) is 14.7. The summed E-state index contributed by atoms with van der Waals surface area (Å²) in [7, 11) is 0. The fourth-order valence-corrected chi connectivity index (χ4v) is 10.8. The van der Waals surface area contributed by atoms with Gasteiger partial charge in [-0.05, 0) is 115 Å². The van der Waals surface area contributed by atoms with Crippen LogP contribution in [0.2, 0.25) is 0 Å². The predicted molar refractivity (Wildman–Crippen MR) is 323 cm³/mol. The largest absolute Gasteiger partial charge is 0.309 e. The summed E-state index contributed by atoms with van der Waals surface area (Å²) in [5.74, 6) is 0. The number of fused-ring (bicyclic) bond motifs is 2. The maximum Gasteiger partial charge on any atom is 0.0619 e. The molecule has 76 heavy (non-hydrogen) atoms. The maximum atomic E-state index is 2.46. The van der Waals surface area contributed by atoms with Gasteiger partial charge in [0.2, 0.25) is 0 Å². The van der Waals surface area contributed by atoms with Gasteiger partial charge in [0, 0.05) is 44.3 Å². The molecule has 0 aliphatic heterocycles. The Morgan fingerprint density at radius 3 is 0.461 bits per heavy atom. The van der Waals surface area contributed by atoms with Crippen molar-refractivity contribution >= 4 is 55.7 Å². The topological polar surface area (TPSA) is 6.48 Å². The molecule has 0 amide bonds. The van der Waals surface area contributed by atoms with Crippen LogP contribution < -0.4 is 9.80 Å². The molecule has 0 aromatic heterocycles. The van der Waals surface area contributed by atoms with Crippen LogP contribution in [0.25, 0.3) is 88.3 Å². The van der Waals surface area contributed by atoms with Crippen LogP contribution in [0, 0.1) is 0 Å². The molecule has 0 atom stereocenters. The van der Waals surface area contributed by atoms with Crippen LogP contribution in [0.15, 0.2) is 315 Å². The minimum Gasteiger partial charge on any atom is -0.309 e. The van der Waals surface area contributed by atoms with Crippen LogP contribution in [0.3, 0.4) is 0 Å². The minimum absolute atomic E-state index is 1.07.